The van der Waals surface area contributed by atoms with Crippen molar-refractivity contribution in [3.05, 3.63) is 52.0 Å². The first-order valence-corrected chi connectivity index (χ1v) is 7.54. The normalized spacial score (nSPS) is 17.2. The number of hydrogen-bond acceptors (Lipinski definition) is 4. The van der Waals surface area contributed by atoms with Gasteiger partial charge in [-0.25, -0.2) is 9.78 Å². The molecule has 0 spiro atoms. The highest BCUT2D eigenvalue weighted by atomic mass is 16.4. The van der Waals surface area contributed by atoms with Crippen molar-refractivity contribution in [1.82, 2.24) is 19.9 Å². The zero-order valence-electron chi connectivity index (χ0n) is 12.6. The Kier molecular flexibility index (Phi) is 3.07. The molecule has 2 aromatic heterocycles. The molecule has 0 bridgehead atoms. The van der Waals surface area contributed by atoms with Crippen LogP contribution in [0.5, 0.6) is 0 Å². The molecule has 3 aromatic rings. The lowest BCUT2D eigenvalue weighted by Crippen LogP contribution is -2.39. The SMILES string of the molecule is Cn1c(=O)oc2c(C(=O)NC3CCc4nc[nH]c4C3)cccc21. The molecule has 7 nitrogen and oxygen atoms in total. The Labute approximate surface area is 131 Å². The number of H-pyrrole nitrogens is 1. The number of hydrogen-bond donors (Lipinski definition) is 2. The molecule has 0 saturated heterocycles. The van der Waals surface area contributed by atoms with Crippen molar-refractivity contribution in [2.45, 2.75) is 25.3 Å². The summed E-state index contributed by atoms with van der Waals surface area (Å²) in [6.45, 7) is 0. The number of nitrogens with zero attached hydrogens (tertiary/aromatic N) is 2. The Hall–Kier alpha value is -2.83. The molecule has 4 rings (SSSR count). The van der Waals surface area contributed by atoms with E-state index < -0.39 is 5.76 Å². The van der Waals surface area contributed by atoms with E-state index in [1.807, 2.05) is 0 Å². The maximum absolute atomic E-state index is 12.6. The standard InChI is InChI=1S/C16H16N4O3/c1-20-13-4-2-3-10(14(13)23-16(20)22)15(21)19-9-5-6-11-12(7-9)18-8-17-11/h2-4,8-9H,5-7H2,1H3,(H,17,18)(H,19,21). The van der Waals surface area contributed by atoms with Crippen molar-refractivity contribution in [1.29, 1.82) is 0 Å². The summed E-state index contributed by atoms with van der Waals surface area (Å²) >= 11 is 0. The average molecular weight is 312 g/mol. The fourth-order valence-electron chi connectivity index (χ4n) is 3.12. The Morgan fingerprint density at radius 1 is 1.48 bits per heavy atom. The number of carbonyl (C=O) groups is 1. The minimum Gasteiger partial charge on any atom is -0.407 e. The topological polar surface area (TPSA) is 92.9 Å². The molecule has 0 fully saturated rings. The lowest BCUT2D eigenvalue weighted by Gasteiger charge is -2.22. The molecule has 2 heterocycles. The molecule has 1 amide bonds. The van der Waals surface area contributed by atoms with Gasteiger partial charge < -0.3 is 14.7 Å². The van der Waals surface area contributed by atoms with Gasteiger partial charge in [0.1, 0.15) is 0 Å². The van der Waals surface area contributed by atoms with Gasteiger partial charge in [-0.15, -0.1) is 0 Å². The molecule has 0 aliphatic heterocycles. The van der Waals surface area contributed by atoms with Crippen LogP contribution in [0.15, 0.2) is 33.7 Å². The molecule has 1 aromatic carbocycles. The first kappa shape index (κ1) is 13.8. The van der Waals surface area contributed by atoms with Gasteiger partial charge in [-0.2, -0.15) is 0 Å². The zero-order chi connectivity index (χ0) is 16.0. The molecule has 0 radical (unpaired) electrons. The van der Waals surface area contributed by atoms with Crippen molar-refractivity contribution in [3.63, 3.8) is 0 Å². The molecule has 118 valence electrons. The number of para-hydroxylation sites is 1. The molecule has 7 heteroatoms. The van der Waals surface area contributed by atoms with Gasteiger partial charge in [-0.05, 0) is 25.0 Å². The summed E-state index contributed by atoms with van der Waals surface area (Å²) in [5, 5.41) is 3.03. The molecule has 0 saturated carbocycles. The van der Waals surface area contributed by atoms with E-state index >= 15 is 0 Å². The van der Waals surface area contributed by atoms with Gasteiger partial charge in [0.15, 0.2) is 5.58 Å². The highest BCUT2D eigenvalue weighted by molar-refractivity contribution is 6.04. The van der Waals surface area contributed by atoms with Gasteiger partial charge >= 0.3 is 5.76 Å². The number of oxazole rings is 1. The largest absolute Gasteiger partial charge is 0.419 e. The second kappa shape index (κ2) is 5.12. The predicted octanol–water partition coefficient (Wildman–Crippen LogP) is 1.14. The Morgan fingerprint density at radius 2 is 2.35 bits per heavy atom. The van der Waals surface area contributed by atoms with Crippen molar-refractivity contribution < 1.29 is 9.21 Å². The number of fused-ring (bicyclic) bond motifs is 2. The summed E-state index contributed by atoms with van der Waals surface area (Å²) in [5.41, 5.74) is 3.48. The van der Waals surface area contributed by atoms with Crippen LogP contribution in [0.3, 0.4) is 0 Å². The van der Waals surface area contributed by atoms with E-state index in [1.54, 1.807) is 31.6 Å². The minimum atomic E-state index is -0.472. The van der Waals surface area contributed by atoms with Gasteiger partial charge in [0.2, 0.25) is 0 Å². The van der Waals surface area contributed by atoms with Crippen molar-refractivity contribution in [2.75, 3.05) is 0 Å². The lowest BCUT2D eigenvalue weighted by molar-refractivity contribution is 0.0934. The number of carbonyl (C=O) groups excluding carboxylic acids is 1. The highest BCUT2D eigenvalue weighted by Gasteiger charge is 2.24. The van der Waals surface area contributed by atoms with Gasteiger partial charge in [-0.3, -0.25) is 9.36 Å². The molecule has 23 heavy (non-hydrogen) atoms. The van der Waals surface area contributed by atoms with Crippen molar-refractivity contribution in [2.24, 2.45) is 7.05 Å². The number of nitrogens with one attached hydrogen (secondary N) is 2. The summed E-state index contributed by atoms with van der Waals surface area (Å²) in [7, 11) is 1.62. The van der Waals surface area contributed by atoms with Gasteiger partial charge in [-0.1, -0.05) is 6.07 Å². The molecule has 2 N–H and O–H groups in total. The third kappa shape index (κ3) is 2.25. The second-order valence-corrected chi connectivity index (χ2v) is 5.82. The summed E-state index contributed by atoms with van der Waals surface area (Å²) < 4.78 is 6.61. The first-order valence-electron chi connectivity index (χ1n) is 7.54. The van der Waals surface area contributed by atoms with Crippen LogP contribution in [0.2, 0.25) is 0 Å². The van der Waals surface area contributed by atoms with Crippen LogP contribution >= 0.6 is 0 Å². The first-order chi connectivity index (χ1) is 11.1. The number of benzene rings is 1. The fraction of sp³-hybridized carbons (Fsp3) is 0.312. The van der Waals surface area contributed by atoms with E-state index in [4.69, 9.17) is 4.42 Å². The van der Waals surface area contributed by atoms with E-state index in [0.717, 1.165) is 30.7 Å². The number of imidazole rings is 1. The minimum absolute atomic E-state index is 0.0427. The van der Waals surface area contributed by atoms with E-state index in [0.29, 0.717) is 16.7 Å². The maximum atomic E-state index is 12.6. The van der Waals surface area contributed by atoms with Gasteiger partial charge in [0, 0.05) is 25.2 Å². The number of amides is 1. The number of aromatic nitrogens is 3. The van der Waals surface area contributed by atoms with Crippen LogP contribution < -0.4 is 11.1 Å². The van der Waals surface area contributed by atoms with Crippen LogP contribution in [0.25, 0.3) is 11.1 Å². The summed E-state index contributed by atoms with van der Waals surface area (Å²) in [6.07, 6.45) is 4.11. The quantitative estimate of drug-likeness (QED) is 0.742. The van der Waals surface area contributed by atoms with Gasteiger partial charge in [0.05, 0.1) is 23.1 Å². The van der Waals surface area contributed by atoms with E-state index in [-0.39, 0.29) is 11.9 Å². The van der Waals surface area contributed by atoms with Crippen LogP contribution in [0.4, 0.5) is 0 Å². The molecule has 1 atom stereocenters. The average Bonchev–Trinajstić information content (AvgIpc) is 3.12. The Balaban J connectivity index is 1.61. The smallest absolute Gasteiger partial charge is 0.407 e. The maximum Gasteiger partial charge on any atom is 0.419 e. The third-order valence-corrected chi connectivity index (χ3v) is 4.39. The number of aryl methyl sites for hydroxylation is 2. The lowest BCUT2D eigenvalue weighted by atomic mass is 9.96. The van der Waals surface area contributed by atoms with Crippen LogP contribution in [0.1, 0.15) is 28.2 Å². The van der Waals surface area contributed by atoms with E-state index in [2.05, 4.69) is 15.3 Å². The molecule has 1 aliphatic rings. The molecular formula is C16H16N4O3. The molecule has 1 unspecified atom stereocenters. The zero-order valence-corrected chi connectivity index (χ0v) is 12.6. The summed E-state index contributed by atoms with van der Waals surface area (Å²) in [5.74, 6) is -0.696. The van der Waals surface area contributed by atoms with Crippen LogP contribution in [-0.4, -0.2) is 26.5 Å². The highest BCUT2D eigenvalue weighted by Crippen LogP contribution is 2.20. The predicted molar refractivity (Wildman–Crippen MR) is 83.3 cm³/mol. The molecular weight excluding hydrogens is 296 g/mol. The fourth-order valence-corrected chi connectivity index (χ4v) is 3.12. The van der Waals surface area contributed by atoms with Crippen LogP contribution in [0, 0.1) is 0 Å². The Bertz CT molecular complexity index is 950. The monoisotopic (exact) mass is 312 g/mol. The van der Waals surface area contributed by atoms with E-state index in [9.17, 15) is 9.59 Å². The number of rotatable bonds is 2. The third-order valence-electron chi connectivity index (χ3n) is 4.39. The van der Waals surface area contributed by atoms with Crippen molar-refractivity contribution >= 4 is 17.0 Å². The Morgan fingerprint density at radius 3 is 3.22 bits per heavy atom. The molecule has 1 aliphatic carbocycles. The summed E-state index contributed by atoms with van der Waals surface area (Å²) in [4.78, 5) is 31.6. The van der Waals surface area contributed by atoms with Gasteiger partial charge in [0.25, 0.3) is 5.91 Å². The van der Waals surface area contributed by atoms with Crippen LogP contribution in [-0.2, 0) is 19.9 Å². The number of aromatic amines is 1. The summed E-state index contributed by atoms with van der Waals surface area (Å²) in [6, 6.07) is 5.22. The second-order valence-electron chi connectivity index (χ2n) is 5.82. The van der Waals surface area contributed by atoms with E-state index in [1.165, 1.54) is 4.57 Å². The van der Waals surface area contributed by atoms with Crippen molar-refractivity contribution in [3.8, 4) is 0 Å².